The van der Waals surface area contributed by atoms with E-state index >= 15 is 0 Å². The summed E-state index contributed by atoms with van der Waals surface area (Å²) in [5.41, 5.74) is 9.02. The lowest BCUT2D eigenvalue weighted by Crippen LogP contribution is -2.46. The van der Waals surface area contributed by atoms with Gasteiger partial charge >= 0.3 is 0 Å². The van der Waals surface area contributed by atoms with Crippen LogP contribution in [0.5, 0.6) is 0 Å². The van der Waals surface area contributed by atoms with Crippen LogP contribution in [0.3, 0.4) is 0 Å². The van der Waals surface area contributed by atoms with Gasteiger partial charge in [-0.2, -0.15) is 5.10 Å². The van der Waals surface area contributed by atoms with Crippen molar-refractivity contribution in [3.63, 3.8) is 0 Å². The molecule has 2 aliphatic rings. The van der Waals surface area contributed by atoms with Crippen molar-refractivity contribution in [3.05, 3.63) is 59.8 Å². The van der Waals surface area contributed by atoms with Gasteiger partial charge in [-0.3, -0.25) is 4.79 Å². The molecular formula is C24H29N5O. The van der Waals surface area contributed by atoms with E-state index in [1.165, 1.54) is 44.3 Å². The van der Waals surface area contributed by atoms with E-state index in [0.717, 1.165) is 30.2 Å². The summed E-state index contributed by atoms with van der Waals surface area (Å²) >= 11 is 0. The molecule has 6 nitrogen and oxygen atoms in total. The fourth-order valence-corrected chi connectivity index (χ4v) is 5.05. The zero-order valence-electron chi connectivity index (χ0n) is 17.3. The molecule has 2 aliphatic heterocycles. The molecule has 0 bridgehead atoms. The molecule has 2 aromatic carbocycles. The van der Waals surface area contributed by atoms with Crippen LogP contribution >= 0.6 is 0 Å². The number of benzene rings is 2. The highest BCUT2D eigenvalue weighted by molar-refractivity contribution is 6.04. The second-order valence-corrected chi connectivity index (χ2v) is 8.56. The molecule has 0 unspecified atom stereocenters. The number of nitrogens with two attached hydrogens (primary N) is 1. The maximum Gasteiger partial charge on any atom is 0.250 e. The van der Waals surface area contributed by atoms with E-state index in [0.29, 0.717) is 17.0 Å². The summed E-state index contributed by atoms with van der Waals surface area (Å²) in [6.45, 7) is 4.74. The fraction of sp³-hybridized carbons (Fsp3) is 0.417. The molecule has 0 radical (unpaired) electrons. The van der Waals surface area contributed by atoms with Gasteiger partial charge in [0.2, 0.25) is 0 Å². The van der Waals surface area contributed by atoms with E-state index < -0.39 is 5.91 Å². The van der Waals surface area contributed by atoms with Crippen molar-refractivity contribution < 1.29 is 4.79 Å². The lowest BCUT2D eigenvalue weighted by atomic mass is 9.88. The average Bonchev–Trinajstić information content (AvgIpc) is 3.24. The zero-order chi connectivity index (χ0) is 20.5. The van der Waals surface area contributed by atoms with Gasteiger partial charge in [0.05, 0.1) is 11.3 Å². The average molecular weight is 404 g/mol. The van der Waals surface area contributed by atoms with Crippen molar-refractivity contribution in [1.82, 2.24) is 20.0 Å². The minimum absolute atomic E-state index is 0.447. The predicted molar refractivity (Wildman–Crippen MR) is 119 cm³/mol. The van der Waals surface area contributed by atoms with Crippen molar-refractivity contribution in [2.45, 2.75) is 37.6 Å². The van der Waals surface area contributed by atoms with Gasteiger partial charge in [0.15, 0.2) is 0 Å². The molecule has 30 heavy (non-hydrogen) atoms. The van der Waals surface area contributed by atoms with Gasteiger partial charge in [0, 0.05) is 17.6 Å². The maximum absolute atomic E-state index is 11.7. The number of amides is 1. The quantitative estimate of drug-likeness (QED) is 0.702. The lowest BCUT2D eigenvalue weighted by molar-refractivity contribution is 0.100. The molecule has 3 N–H and O–H groups in total. The molecule has 2 fully saturated rings. The first-order valence-corrected chi connectivity index (χ1v) is 11.0. The number of fused-ring (bicyclic) bond motifs is 1. The van der Waals surface area contributed by atoms with Gasteiger partial charge < -0.3 is 16.0 Å². The summed E-state index contributed by atoms with van der Waals surface area (Å²) in [4.78, 5) is 14.4. The summed E-state index contributed by atoms with van der Waals surface area (Å²) in [7, 11) is 0. The first-order valence-electron chi connectivity index (χ1n) is 11.0. The third-order valence-electron chi connectivity index (χ3n) is 6.79. The number of primary amides is 1. The predicted octanol–water partition coefficient (Wildman–Crippen LogP) is 3.06. The number of carbonyl (C=O) groups is 1. The molecule has 1 amide bonds. The van der Waals surface area contributed by atoms with Crippen LogP contribution in [0.2, 0.25) is 0 Å². The molecule has 2 saturated heterocycles. The molecule has 0 spiro atoms. The van der Waals surface area contributed by atoms with Crippen molar-refractivity contribution >= 4 is 16.8 Å². The highest BCUT2D eigenvalue weighted by Gasteiger charge is 2.26. The minimum Gasteiger partial charge on any atom is -0.366 e. The Balaban J connectivity index is 1.29. The Bertz CT molecular complexity index is 1030. The van der Waals surface area contributed by atoms with Gasteiger partial charge in [0.25, 0.3) is 5.91 Å². The van der Waals surface area contributed by atoms with Crippen LogP contribution in [-0.4, -0.2) is 52.8 Å². The van der Waals surface area contributed by atoms with Crippen LogP contribution in [0.25, 0.3) is 16.6 Å². The minimum atomic E-state index is -0.447. The van der Waals surface area contributed by atoms with Gasteiger partial charge in [-0.15, -0.1) is 0 Å². The summed E-state index contributed by atoms with van der Waals surface area (Å²) in [6, 6.07) is 15.0. The van der Waals surface area contributed by atoms with E-state index in [4.69, 9.17) is 5.73 Å². The smallest absolute Gasteiger partial charge is 0.250 e. The van der Waals surface area contributed by atoms with Gasteiger partial charge in [-0.05, 0) is 81.5 Å². The Hall–Kier alpha value is -2.70. The Morgan fingerprint density at radius 1 is 1.00 bits per heavy atom. The van der Waals surface area contributed by atoms with Crippen LogP contribution in [0.4, 0.5) is 0 Å². The molecule has 0 saturated carbocycles. The van der Waals surface area contributed by atoms with Crippen molar-refractivity contribution in [3.8, 4) is 5.69 Å². The Morgan fingerprint density at radius 2 is 1.73 bits per heavy atom. The number of nitrogens with one attached hydrogen (secondary N) is 1. The molecule has 3 heterocycles. The molecule has 1 aromatic heterocycles. The van der Waals surface area contributed by atoms with Crippen molar-refractivity contribution in [2.24, 2.45) is 5.73 Å². The summed E-state index contributed by atoms with van der Waals surface area (Å²) in [5.74, 6) is 0.187. The number of hydrogen-bond acceptors (Lipinski definition) is 4. The van der Waals surface area contributed by atoms with E-state index in [1.807, 2.05) is 23.0 Å². The van der Waals surface area contributed by atoms with E-state index in [-0.39, 0.29) is 0 Å². The van der Waals surface area contributed by atoms with Crippen LogP contribution in [0.15, 0.2) is 48.7 Å². The molecule has 5 rings (SSSR count). The normalized spacial score (nSPS) is 19.3. The third-order valence-corrected chi connectivity index (χ3v) is 6.79. The molecule has 3 aromatic rings. The first kappa shape index (κ1) is 19.3. The number of carbonyl (C=O) groups excluding carboxylic acids is 1. The molecule has 0 aliphatic carbocycles. The van der Waals surface area contributed by atoms with Gasteiger partial charge in [0.1, 0.15) is 5.52 Å². The zero-order valence-corrected chi connectivity index (χ0v) is 17.3. The molecule has 6 heteroatoms. The largest absolute Gasteiger partial charge is 0.366 e. The number of nitrogens with zero attached hydrogens (tertiary/aromatic N) is 3. The first-order chi connectivity index (χ1) is 14.7. The van der Waals surface area contributed by atoms with Crippen LogP contribution in [-0.2, 0) is 0 Å². The summed E-state index contributed by atoms with van der Waals surface area (Å²) in [5, 5.41) is 9.00. The number of rotatable bonds is 4. The van der Waals surface area contributed by atoms with Gasteiger partial charge in [-0.1, -0.05) is 24.3 Å². The second-order valence-electron chi connectivity index (χ2n) is 8.56. The summed E-state index contributed by atoms with van der Waals surface area (Å²) in [6.07, 6.45) is 6.99. The van der Waals surface area contributed by atoms with Crippen LogP contribution in [0.1, 0.15) is 47.5 Å². The third kappa shape index (κ3) is 3.73. The van der Waals surface area contributed by atoms with Gasteiger partial charge in [-0.25, -0.2) is 4.68 Å². The lowest BCUT2D eigenvalue weighted by Gasteiger charge is -2.39. The van der Waals surface area contributed by atoms with Crippen LogP contribution < -0.4 is 11.1 Å². The van der Waals surface area contributed by atoms with E-state index in [2.05, 4.69) is 39.6 Å². The van der Waals surface area contributed by atoms with Crippen molar-refractivity contribution in [1.29, 1.82) is 0 Å². The number of hydrogen-bond donors (Lipinski definition) is 2. The fourth-order valence-electron chi connectivity index (χ4n) is 5.05. The van der Waals surface area contributed by atoms with Crippen molar-refractivity contribution in [2.75, 3.05) is 26.2 Å². The van der Waals surface area contributed by atoms with E-state index in [1.54, 1.807) is 6.07 Å². The Kier molecular flexibility index (Phi) is 5.27. The topological polar surface area (TPSA) is 76.2 Å². The second kappa shape index (κ2) is 8.20. The Labute approximate surface area is 177 Å². The summed E-state index contributed by atoms with van der Waals surface area (Å²) < 4.78 is 1.83. The molecular weight excluding hydrogens is 374 g/mol. The SMILES string of the molecule is NC(=O)c1cccc2cn(-c3ccc(C4CCN(C5CCNCC5)CC4)cc3)nc12. The van der Waals surface area contributed by atoms with E-state index in [9.17, 15) is 4.79 Å². The maximum atomic E-state index is 11.7. The molecule has 156 valence electrons. The highest BCUT2D eigenvalue weighted by Crippen LogP contribution is 2.31. The number of likely N-dealkylation sites (tertiary alicyclic amines) is 1. The Morgan fingerprint density at radius 3 is 2.43 bits per heavy atom. The standard InChI is InChI=1S/C24H29N5O/c25-24(30)22-3-1-2-19-16-29(27-23(19)22)21-6-4-17(5-7-21)18-10-14-28(15-11-18)20-8-12-26-13-9-20/h1-7,16,18,20,26H,8-15H2,(H2,25,30). The number of piperidine rings is 2. The highest BCUT2D eigenvalue weighted by atomic mass is 16.1. The number of aromatic nitrogens is 2. The monoisotopic (exact) mass is 403 g/mol. The van der Waals surface area contributed by atoms with Crippen LogP contribution in [0, 0.1) is 0 Å². The molecule has 0 atom stereocenters.